The summed E-state index contributed by atoms with van der Waals surface area (Å²) in [5, 5.41) is 2.49. The van der Waals surface area contributed by atoms with E-state index < -0.39 is 6.09 Å². The first kappa shape index (κ1) is 12.3. The van der Waals surface area contributed by atoms with Crippen LogP contribution in [0.5, 0.6) is 5.75 Å². The summed E-state index contributed by atoms with van der Waals surface area (Å²) in [5.74, 6) is 0.982. The molecule has 3 nitrogen and oxygen atoms in total. The molecule has 0 fully saturated rings. The Kier molecular flexibility index (Phi) is 4.58. The number of hydrogen-bond donors (Lipinski definition) is 1. The molecular formula is C13H17NO2. The summed E-state index contributed by atoms with van der Waals surface area (Å²) in [4.78, 5) is 11.3. The highest BCUT2D eigenvalue weighted by Gasteiger charge is 2.04. The van der Waals surface area contributed by atoms with Crippen LogP contribution < -0.4 is 10.1 Å². The Morgan fingerprint density at radius 2 is 2.19 bits per heavy atom. The maximum atomic E-state index is 11.3. The second-order valence-electron chi connectivity index (χ2n) is 3.76. The number of ether oxygens (including phenoxy) is 1. The third kappa shape index (κ3) is 3.77. The Bertz CT molecular complexity index is 383. The van der Waals surface area contributed by atoms with Crippen LogP contribution in [0.1, 0.15) is 32.3 Å². The number of benzene rings is 1. The minimum atomic E-state index is -0.473. The molecular weight excluding hydrogens is 202 g/mol. The van der Waals surface area contributed by atoms with E-state index >= 15 is 0 Å². The Morgan fingerprint density at radius 3 is 2.81 bits per heavy atom. The lowest BCUT2D eigenvalue weighted by Gasteiger charge is -2.08. The lowest BCUT2D eigenvalue weighted by Crippen LogP contribution is -2.21. The molecule has 0 radical (unpaired) electrons. The summed E-state index contributed by atoms with van der Waals surface area (Å²) in [6.45, 7) is 6.01. The molecule has 0 heterocycles. The van der Waals surface area contributed by atoms with Gasteiger partial charge in [-0.15, -0.1) is 0 Å². The van der Waals surface area contributed by atoms with Gasteiger partial charge in [-0.3, -0.25) is 5.32 Å². The summed E-state index contributed by atoms with van der Waals surface area (Å²) < 4.78 is 5.11. The maximum absolute atomic E-state index is 11.3. The average Bonchev–Trinajstić information content (AvgIpc) is 2.26. The van der Waals surface area contributed by atoms with Crippen molar-refractivity contribution >= 4 is 6.09 Å². The molecule has 0 aromatic heterocycles. The van der Waals surface area contributed by atoms with Gasteiger partial charge < -0.3 is 4.74 Å². The lowest BCUT2D eigenvalue weighted by atomic mass is 10.0. The van der Waals surface area contributed by atoms with Gasteiger partial charge in [-0.1, -0.05) is 32.1 Å². The molecule has 0 saturated heterocycles. The van der Waals surface area contributed by atoms with Gasteiger partial charge in [0.25, 0.3) is 0 Å². The molecule has 16 heavy (non-hydrogen) atoms. The highest BCUT2D eigenvalue weighted by Crippen LogP contribution is 2.20. The van der Waals surface area contributed by atoms with Crippen molar-refractivity contribution in [1.82, 2.24) is 5.32 Å². The fraction of sp³-hybridized carbons (Fsp3) is 0.308. The molecule has 1 N–H and O–H groups in total. The highest BCUT2D eigenvalue weighted by atomic mass is 16.5. The molecule has 0 spiro atoms. The second kappa shape index (κ2) is 5.95. The molecule has 0 aliphatic heterocycles. The summed E-state index contributed by atoms with van der Waals surface area (Å²) >= 11 is 0. The van der Waals surface area contributed by atoms with Gasteiger partial charge in [0.1, 0.15) is 5.75 Å². The van der Waals surface area contributed by atoms with Gasteiger partial charge >= 0.3 is 6.09 Å². The van der Waals surface area contributed by atoms with Crippen LogP contribution in [-0.4, -0.2) is 6.09 Å². The summed E-state index contributed by atoms with van der Waals surface area (Å²) in [6.07, 6.45) is 2.79. The smallest absolute Gasteiger partial charge is 0.410 e. The van der Waals surface area contributed by atoms with E-state index in [1.807, 2.05) is 25.1 Å². The highest BCUT2D eigenvalue weighted by molar-refractivity contribution is 5.71. The first-order chi connectivity index (χ1) is 7.63. The van der Waals surface area contributed by atoms with Crippen LogP contribution in [0.15, 0.2) is 36.5 Å². The van der Waals surface area contributed by atoms with Crippen molar-refractivity contribution in [2.24, 2.45) is 0 Å². The monoisotopic (exact) mass is 219 g/mol. The predicted molar refractivity (Wildman–Crippen MR) is 64.5 cm³/mol. The Balaban J connectivity index is 2.66. The number of carbonyl (C=O) groups excluding carboxylic acids is 1. The van der Waals surface area contributed by atoms with Crippen LogP contribution >= 0.6 is 0 Å². The normalized spacial score (nSPS) is 10.8. The standard InChI is InChI=1S/C13H17NO2/c1-4-8-14-13(15)16-12-7-5-6-11(9-12)10(2)3/h4-10H,1-3H3,(H,14,15). The van der Waals surface area contributed by atoms with Crippen LogP contribution in [-0.2, 0) is 0 Å². The van der Waals surface area contributed by atoms with Crippen molar-refractivity contribution in [2.75, 3.05) is 0 Å². The molecule has 1 amide bonds. The van der Waals surface area contributed by atoms with E-state index in [4.69, 9.17) is 4.74 Å². The Hall–Kier alpha value is -1.77. The molecule has 1 rings (SSSR count). The van der Waals surface area contributed by atoms with Crippen LogP contribution in [0.25, 0.3) is 0 Å². The van der Waals surface area contributed by atoms with Gasteiger partial charge in [-0.25, -0.2) is 4.79 Å². The van der Waals surface area contributed by atoms with Gasteiger partial charge in [-0.2, -0.15) is 0 Å². The molecule has 86 valence electrons. The number of rotatable bonds is 3. The van der Waals surface area contributed by atoms with Crippen molar-refractivity contribution in [3.63, 3.8) is 0 Å². The van der Waals surface area contributed by atoms with Crippen LogP contribution in [0.4, 0.5) is 4.79 Å². The van der Waals surface area contributed by atoms with Crippen molar-refractivity contribution in [1.29, 1.82) is 0 Å². The van der Waals surface area contributed by atoms with E-state index in [2.05, 4.69) is 19.2 Å². The Morgan fingerprint density at radius 1 is 1.44 bits per heavy atom. The zero-order chi connectivity index (χ0) is 12.0. The molecule has 0 unspecified atom stereocenters. The van der Waals surface area contributed by atoms with Crippen molar-refractivity contribution < 1.29 is 9.53 Å². The van der Waals surface area contributed by atoms with E-state index in [0.717, 1.165) is 5.56 Å². The minimum Gasteiger partial charge on any atom is -0.410 e. The fourth-order valence-electron chi connectivity index (χ4n) is 1.23. The van der Waals surface area contributed by atoms with Crippen molar-refractivity contribution in [3.05, 3.63) is 42.1 Å². The molecule has 0 bridgehead atoms. The summed E-state index contributed by atoms with van der Waals surface area (Å²) in [5.41, 5.74) is 1.15. The van der Waals surface area contributed by atoms with Crippen LogP contribution in [0, 0.1) is 0 Å². The average molecular weight is 219 g/mol. The molecule has 1 aromatic rings. The predicted octanol–water partition coefficient (Wildman–Crippen LogP) is 3.43. The SMILES string of the molecule is CC=CNC(=O)Oc1cccc(C(C)C)c1. The quantitative estimate of drug-likeness (QED) is 0.845. The van der Waals surface area contributed by atoms with Crippen LogP contribution in [0.3, 0.4) is 0 Å². The maximum Gasteiger partial charge on any atom is 0.416 e. The zero-order valence-electron chi connectivity index (χ0n) is 9.86. The first-order valence-electron chi connectivity index (χ1n) is 5.33. The largest absolute Gasteiger partial charge is 0.416 e. The van der Waals surface area contributed by atoms with Crippen molar-refractivity contribution in [2.45, 2.75) is 26.7 Å². The van der Waals surface area contributed by atoms with E-state index in [1.54, 1.807) is 12.1 Å². The summed E-state index contributed by atoms with van der Waals surface area (Å²) in [6, 6.07) is 7.54. The molecule has 0 saturated carbocycles. The van der Waals surface area contributed by atoms with Gasteiger partial charge in [-0.05, 0) is 30.5 Å². The van der Waals surface area contributed by atoms with E-state index in [1.165, 1.54) is 6.20 Å². The fourth-order valence-corrected chi connectivity index (χ4v) is 1.23. The molecule has 3 heteroatoms. The lowest BCUT2D eigenvalue weighted by molar-refractivity contribution is 0.204. The van der Waals surface area contributed by atoms with Crippen molar-refractivity contribution in [3.8, 4) is 5.75 Å². The third-order valence-corrected chi connectivity index (χ3v) is 2.10. The van der Waals surface area contributed by atoms with E-state index in [9.17, 15) is 4.79 Å². The number of nitrogens with one attached hydrogen (secondary N) is 1. The molecule has 0 atom stereocenters. The van der Waals surface area contributed by atoms with Gasteiger partial charge in [0.05, 0.1) is 0 Å². The van der Waals surface area contributed by atoms with Gasteiger partial charge in [0, 0.05) is 6.20 Å². The van der Waals surface area contributed by atoms with Gasteiger partial charge in [0.2, 0.25) is 0 Å². The molecule has 0 aliphatic carbocycles. The number of carbonyl (C=O) groups is 1. The first-order valence-corrected chi connectivity index (χ1v) is 5.33. The van der Waals surface area contributed by atoms with E-state index in [-0.39, 0.29) is 0 Å². The number of allylic oxidation sites excluding steroid dienone is 1. The minimum absolute atomic E-state index is 0.419. The Labute approximate surface area is 96.1 Å². The molecule has 1 aromatic carbocycles. The summed E-state index contributed by atoms with van der Waals surface area (Å²) in [7, 11) is 0. The van der Waals surface area contributed by atoms with Crippen LogP contribution in [0.2, 0.25) is 0 Å². The topological polar surface area (TPSA) is 38.3 Å². The molecule has 0 aliphatic rings. The third-order valence-electron chi connectivity index (χ3n) is 2.10. The van der Waals surface area contributed by atoms with Gasteiger partial charge in [0.15, 0.2) is 0 Å². The van der Waals surface area contributed by atoms with E-state index in [0.29, 0.717) is 11.7 Å². The number of hydrogen-bond acceptors (Lipinski definition) is 2. The zero-order valence-corrected chi connectivity index (χ0v) is 9.86. The number of amides is 1. The second-order valence-corrected chi connectivity index (χ2v) is 3.76.